The van der Waals surface area contributed by atoms with E-state index in [0.29, 0.717) is 11.2 Å². The molecule has 0 aromatic carbocycles. The van der Waals surface area contributed by atoms with E-state index < -0.39 is 0 Å². The Labute approximate surface area is 82.0 Å². The minimum absolute atomic E-state index is 0.111. The summed E-state index contributed by atoms with van der Waals surface area (Å²) in [6.45, 7) is 4.00. The maximum Gasteiger partial charge on any atom is 0.281 e. The van der Waals surface area contributed by atoms with Crippen molar-refractivity contribution < 1.29 is 0 Å². The molecule has 0 N–H and O–H groups in total. The highest BCUT2D eigenvalue weighted by molar-refractivity contribution is 5.68. The van der Waals surface area contributed by atoms with E-state index >= 15 is 0 Å². The molecule has 0 spiro atoms. The van der Waals surface area contributed by atoms with Crippen LogP contribution in [-0.2, 0) is 14.1 Å². The second-order valence-corrected chi connectivity index (χ2v) is 2.69. The molecule has 0 aliphatic rings. The summed E-state index contributed by atoms with van der Waals surface area (Å²) in [6, 6.07) is 0. The van der Waals surface area contributed by atoms with Crippen molar-refractivity contribution in [2.45, 2.75) is 13.8 Å². The predicted molar refractivity (Wildman–Crippen MR) is 55.1 cm³/mol. The Morgan fingerprint density at radius 2 is 1.64 bits per heavy atom. The van der Waals surface area contributed by atoms with Crippen LogP contribution in [0.3, 0.4) is 0 Å². The molecule has 14 heavy (non-hydrogen) atoms. The number of hydrogen-bond acceptors (Lipinski definition) is 3. The molecule has 0 atom stereocenters. The van der Waals surface area contributed by atoms with Crippen LogP contribution in [0.25, 0.3) is 11.2 Å². The molecule has 5 heteroatoms. The smallest absolute Gasteiger partial charge is 0.281 e. The van der Waals surface area contributed by atoms with E-state index in [1.165, 1.54) is 10.9 Å². The number of aryl methyl sites for hydroxylation is 2. The van der Waals surface area contributed by atoms with E-state index in [9.17, 15) is 4.79 Å². The van der Waals surface area contributed by atoms with Gasteiger partial charge in [-0.25, -0.2) is 9.97 Å². The van der Waals surface area contributed by atoms with Crippen molar-refractivity contribution in [2.75, 3.05) is 0 Å². The minimum Gasteiger partial charge on any atom is -0.318 e. The third-order valence-corrected chi connectivity index (χ3v) is 1.78. The molecular formula is C9H14N4O. The van der Waals surface area contributed by atoms with Gasteiger partial charge >= 0.3 is 0 Å². The first-order chi connectivity index (χ1) is 6.70. The standard InChI is InChI=1S/C7H8N4O.C2H6/c1-10-3-8-5-6(10)9-4-11(2)7(5)12;1-2/h3-4H,1-2H3;1-2H3. The van der Waals surface area contributed by atoms with E-state index in [1.807, 2.05) is 20.9 Å². The van der Waals surface area contributed by atoms with Gasteiger partial charge in [-0.2, -0.15) is 0 Å². The van der Waals surface area contributed by atoms with Crippen molar-refractivity contribution in [3.8, 4) is 0 Å². The lowest BCUT2D eigenvalue weighted by Crippen LogP contribution is -2.17. The van der Waals surface area contributed by atoms with Gasteiger partial charge in [-0.15, -0.1) is 0 Å². The van der Waals surface area contributed by atoms with Crippen LogP contribution in [0.2, 0.25) is 0 Å². The predicted octanol–water partition coefficient (Wildman–Crippen LogP) is 0.693. The van der Waals surface area contributed by atoms with Crippen molar-refractivity contribution in [1.82, 2.24) is 19.1 Å². The van der Waals surface area contributed by atoms with Crippen molar-refractivity contribution in [3.05, 3.63) is 23.0 Å². The summed E-state index contributed by atoms with van der Waals surface area (Å²) in [7, 11) is 3.46. The fraction of sp³-hybridized carbons (Fsp3) is 0.444. The van der Waals surface area contributed by atoms with Gasteiger partial charge < -0.3 is 9.13 Å². The maximum atomic E-state index is 11.4. The Balaban J connectivity index is 0.000000461. The van der Waals surface area contributed by atoms with E-state index in [2.05, 4.69) is 9.97 Å². The first-order valence-corrected chi connectivity index (χ1v) is 4.53. The molecule has 0 aliphatic heterocycles. The molecule has 0 saturated heterocycles. The zero-order valence-corrected chi connectivity index (χ0v) is 8.85. The van der Waals surface area contributed by atoms with Crippen LogP contribution in [0.1, 0.15) is 13.8 Å². The molecular weight excluding hydrogens is 180 g/mol. The van der Waals surface area contributed by atoms with Gasteiger partial charge in [0.15, 0.2) is 11.2 Å². The molecule has 2 heterocycles. The van der Waals surface area contributed by atoms with Gasteiger partial charge in [-0.3, -0.25) is 4.79 Å². The van der Waals surface area contributed by atoms with E-state index in [-0.39, 0.29) is 5.56 Å². The molecule has 0 fully saturated rings. The Bertz CT molecular complexity index is 483. The summed E-state index contributed by atoms with van der Waals surface area (Å²) in [5.74, 6) is 0. The van der Waals surface area contributed by atoms with Crippen LogP contribution >= 0.6 is 0 Å². The molecule has 2 aromatic heterocycles. The first kappa shape index (κ1) is 10.4. The summed E-state index contributed by atoms with van der Waals surface area (Å²) in [5, 5.41) is 0. The van der Waals surface area contributed by atoms with Crippen LogP contribution in [0.5, 0.6) is 0 Å². The minimum atomic E-state index is -0.111. The number of hydrogen-bond donors (Lipinski definition) is 0. The molecule has 2 rings (SSSR count). The molecule has 0 unspecified atom stereocenters. The van der Waals surface area contributed by atoms with E-state index in [1.54, 1.807) is 17.9 Å². The number of fused-ring (bicyclic) bond motifs is 1. The van der Waals surface area contributed by atoms with Crippen LogP contribution in [0, 0.1) is 0 Å². The Morgan fingerprint density at radius 1 is 1.07 bits per heavy atom. The Hall–Kier alpha value is -1.65. The first-order valence-electron chi connectivity index (χ1n) is 4.53. The lowest BCUT2D eigenvalue weighted by Gasteiger charge is -1.95. The van der Waals surface area contributed by atoms with Gasteiger partial charge in [0.1, 0.15) is 0 Å². The van der Waals surface area contributed by atoms with Crippen molar-refractivity contribution in [2.24, 2.45) is 14.1 Å². The number of imidazole rings is 1. The van der Waals surface area contributed by atoms with Gasteiger partial charge in [-0.1, -0.05) is 13.8 Å². The van der Waals surface area contributed by atoms with Crippen LogP contribution in [-0.4, -0.2) is 19.1 Å². The fourth-order valence-corrected chi connectivity index (χ4v) is 1.09. The highest BCUT2D eigenvalue weighted by Crippen LogP contribution is 2.00. The molecule has 76 valence electrons. The maximum absolute atomic E-state index is 11.4. The number of aromatic nitrogens is 4. The third-order valence-electron chi connectivity index (χ3n) is 1.78. The average molecular weight is 194 g/mol. The molecule has 0 aliphatic carbocycles. The number of nitrogens with zero attached hydrogens (tertiary/aromatic N) is 4. The monoisotopic (exact) mass is 194 g/mol. The highest BCUT2D eigenvalue weighted by Gasteiger charge is 2.04. The summed E-state index contributed by atoms with van der Waals surface area (Å²) < 4.78 is 3.13. The lowest BCUT2D eigenvalue weighted by atomic mass is 10.5. The summed E-state index contributed by atoms with van der Waals surface area (Å²) >= 11 is 0. The largest absolute Gasteiger partial charge is 0.318 e. The highest BCUT2D eigenvalue weighted by atomic mass is 16.1. The lowest BCUT2D eigenvalue weighted by molar-refractivity contribution is 0.831. The van der Waals surface area contributed by atoms with Gasteiger partial charge in [0.2, 0.25) is 0 Å². The molecule has 2 aromatic rings. The zero-order chi connectivity index (χ0) is 10.7. The SMILES string of the molecule is CC.Cn1cnc2c(ncn2C)c1=O. The summed E-state index contributed by atoms with van der Waals surface area (Å²) in [5.41, 5.74) is 0.932. The van der Waals surface area contributed by atoms with Crippen molar-refractivity contribution >= 4 is 11.2 Å². The average Bonchev–Trinajstić information content (AvgIpc) is 2.58. The van der Waals surface area contributed by atoms with E-state index in [4.69, 9.17) is 0 Å². The van der Waals surface area contributed by atoms with Crippen LogP contribution < -0.4 is 5.56 Å². The molecule has 0 amide bonds. The second kappa shape index (κ2) is 4.04. The van der Waals surface area contributed by atoms with Gasteiger partial charge in [0.25, 0.3) is 5.56 Å². The molecule has 0 saturated carbocycles. The Morgan fingerprint density at radius 3 is 2.29 bits per heavy atom. The normalized spacial score (nSPS) is 9.71. The van der Waals surface area contributed by atoms with Gasteiger partial charge in [-0.05, 0) is 0 Å². The second-order valence-electron chi connectivity index (χ2n) is 2.69. The van der Waals surface area contributed by atoms with Crippen molar-refractivity contribution in [3.63, 3.8) is 0 Å². The molecule has 0 bridgehead atoms. The molecule has 5 nitrogen and oxygen atoms in total. The topological polar surface area (TPSA) is 52.7 Å². The molecule has 0 radical (unpaired) electrons. The zero-order valence-electron chi connectivity index (χ0n) is 8.85. The Kier molecular flexibility index (Phi) is 3.01. The summed E-state index contributed by atoms with van der Waals surface area (Å²) in [4.78, 5) is 19.4. The number of rotatable bonds is 0. The van der Waals surface area contributed by atoms with Gasteiger partial charge in [0, 0.05) is 14.1 Å². The van der Waals surface area contributed by atoms with E-state index in [0.717, 1.165) is 0 Å². The summed E-state index contributed by atoms with van der Waals surface area (Å²) in [6.07, 6.45) is 3.07. The van der Waals surface area contributed by atoms with Crippen molar-refractivity contribution in [1.29, 1.82) is 0 Å². The van der Waals surface area contributed by atoms with Gasteiger partial charge in [0.05, 0.1) is 12.7 Å². The van der Waals surface area contributed by atoms with Crippen LogP contribution in [0.15, 0.2) is 17.4 Å². The van der Waals surface area contributed by atoms with Crippen LogP contribution in [0.4, 0.5) is 0 Å². The third kappa shape index (κ3) is 1.53. The fourth-order valence-electron chi connectivity index (χ4n) is 1.09. The quantitative estimate of drug-likeness (QED) is 0.620.